The molecule has 0 unspecified atom stereocenters. The topological polar surface area (TPSA) is 37.3 Å². The molecule has 0 bridgehead atoms. The first kappa shape index (κ1) is 13.6. The number of hydrogen-bond acceptors (Lipinski definition) is 2. The number of carbonyl (C=O) groups excluding carboxylic acids is 1. The number of benzene rings is 1. The molecule has 0 aliphatic heterocycles. The van der Waals surface area contributed by atoms with E-state index < -0.39 is 0 Å². The molecular weight excluding hydrogens is 188 g/mol. The first-order valence-corrected chi connectivity index (χ1v) is 5.13. The van der Waals surface area contributed by atoms with E-state index in [0.717, 1.165) is 24.7 Å². The quantitative estimate of drug-likeness (QED) is 0.607. The Labute approximate surface area is 91.3 Å². The van der Waals surface area contributed by atoms with Gasteiger partial charge in [-0.05, 0) is 18.1 Å². The van der Waals surface area contributed by atoms with E-state index in [1.165, 1.54) is 6.08 Å². The second-order valence-corrected chi connectivity index (χ2v) is 2.98. The fourth-order valence-corrected chi connectivity index (χ4v) is 0.873. The molecule has 0 saturated heterocycles. The molecule has 15 heavy (non-hydrogen) atoms. The van der Waals surface area contributed by atoms with Crippen LogP contribution in [0.5, 0.6) is 0 Å². The third-order valence-electron chi connectivity index (χ3n) is 1.68. The van der Waals surface area contributed by atoms with Crippen molar-refractivity contribution < 1.29 is 9.90 Å². The fraction of sp³-hybridized carbons (Fsp3) is 0.308. The van der Waals surface area contributed by atoms with Crippen molar-refractivity contribution in [1.82, 2.24) is 0 Å². The highest BCUT2D eigenvalue weighted by molar-refractivity contribution is 5.73. The zero-order valence-corrected chi connectivity index (χ0v) is 9.10. The van der Waals surface area contributed by atoms with E-state index in [2.05, 4.69) is 6.92 Å². The molecule has 2 heteroatoms. The molecule has 0 radical (unpaired) electrons. The first-order chi connectivity index (χ1) is 7.35. The average Bonchev–Trinajstić information content (AvgIpc) is 2.30. The van der Waals surface area contributed by atoms with Crippen molar-refractivity contribution in [3.63, 3.8) is 0 Å². The van der Waals surface area contributed by atoms with Crippen molar-refractivity contribution in [2.45, 2.75) is 19.8 Å². The van der Waals surface area contributed by atoms with Gasteiger partial charge in [0.2, 0.25) is 0 Å². The minimum atomic E-state index is 0.344. The monoisotopic (exact) mass is 206 g/mol. The Kier molecular flexibility index (Phi) is 9.67. The van der Waals surface area contributed by atoms with Gasteiger partial charge in [-0.1, -0.05) is 49.8 Å². The number of rotatable bonds is 4. The standard InChI is InChI=1S/C9H8O.C4H10O/c10-8-4-7-9-5-2-1-3-6-9;1-2-3-4-5/h1-8H;5H,2-4H2,1H3. The largest absolute Gasteiger partial charge is 0.396 e. The van der Waals surface area contributed by atoms with Gasteiger partial charge in [0.1, 0.15) is 6.29 Å². The summed E-state index contributed by atoms with van der Waals surface area (Å²) in [4.78, 5) is 9.89. The lowest BCUT2D eigenvalue weighted by Gasteiger charge is -1.86. The molecule has 0 amide bonds. The Morgan fingerprint density at radius 3 is 2.33 bits per heavy atom. The van der Waals surface area contributed by atoms with Gasteiger partial charge in [-0.25, -0.2) is 0 Å². The van der Waals surface area contributed by atoms with E-state index in [1.54, 1.807) is 6.08 Å². The predicted octanol–water partition coefficient (Wildman–Crippen LogP) is 2.68. The molecule has 0 aromatic heterocycles. The predicted molar refractivity (Wildman–Crippen MR) is 63.5 cm³/mol. The van der Waals surface area contributed by atoms with Gasteiger partial charge in [0.15, 0.2) is 0 Å². The highest BCUT2D eigenvalue weighted by Gasteiger charge is 1.79. The van der Waals surface area contributed by atoms with Crippen LogP contribution in [0.3, 0.4) is 0 Å². The van der Waals surface area contributed by atoms with Gasteiger partial charge < -0.3 is 5.11 Å². The normalized spacial score (nSPS) is 9.47. The number of aliphatic hydroxyl groups excluding tert-OH is 1. The summed E-state index contributed by atoms with van der Waals surface area (Å²) in [5, 5.41) is 8.07. The molecule has 2 nitrogen and oxygen atoms in total. The molecule has 82 valence electrons. The van der Waals surface area contributed by atoms with Crippen LogP contribution in [-0.2, 0) is 4.79 Å². The summed E-state index contributed by atoms with van der Waals surface area (Å²) in [5.41, 5.74) is 1.05. The van der Waals surface area contributed by atoms with Crippen LogP contribution in [0.4, 0.5) is 0 Å². The van der Waals surface area contributed by atoms with Crippen molar-refractivity contribution in [3.05, 3.63) is 42.0 Å². The molecule has 0 spiro atoms. The van der Waals surface area contributed by atoms with E-state index in [0.29, 0.717) is 6.61 Å². The Balaban J connectivity index is 0.000000336. The van der Waals surface area contributed by atoms with Crippen LogP contribution in [0.25, 0.3) is 6.08 Å². The summed E-state index contributed by atoms with van der Waals surface area (Å²) in [6, 6.07) is 9.70. The maximum atomic E-state index is 9.89. The Hall–Kier alpha value is -1.41. The average molecular weight is 206 g/mol. The number of aliphatic hydroxyl groups is 1. The molecule has 0 saturated carbocycles. The molecular formula is C13H18O2. The van der Waals surface area contributed by atoms with Crippen molar-refractivity contribution in [2.24, 2.45) is 0 Å². The number of unbranched alkanes of at least 4 members (excludes halogenated alkanes) is 1. The van der Waals surface area contributed by atoms with E-state index in [4.69, 9.17) is 5.11 Å². The summed E-state index contributed by atoms with van der Waals surface area (Å²) in [6.07, 6.45) is 6.06. The van der Waals surface area contributed by atoms with Crippen molar-refractivity contribution in [2.75, 3.05) is 6.61 Å². The second kappa shape index (κ2) is 10.7. The number of carbonyl (C=O) groups is 1. The molecule has 0 atom stereocenters. The fourth-order valence-electron chi connectivity index (χ4n) is 0.873. The minimum absolute atomic E-state index is 0.344. The van der Waals surface area contributed by atoms with Gasteiger partial charge in [0.05, 0.1) is 0 Å². The lowest BCUT2D eigenvalue weighted by molar-refractivity contribution is -0.104. The molecule has 1 N–H and O–H groups in total. The lowest BCUT2D eigenvalue weighted by Crippen LogP contribution is -1.75. The molecule has 0 heterocycles. The maximum absolute atomic E-state index is 9.89. The van der Waals surface area contributed by atoms with Crippen LogP contribution in [0.1, 0.15) is 25.3 Å². The number of aldehydes is 1. The van der Waals surface area contributed by atoms with Crippen molar-refractivity contribution >= 4 is 12.4 Å². The summed E-state index contributed by atoms with van der Waals surface area (Å²) in [7, 11) is 0. The summed E-state index contributed by atoms with van der Waals surface area (Å²) >= 11 is 0. The SMILES string of the molecule is CCCCO.O=CC=Cc1ccccc1. The van der Waals surface area contributed by atoms with Crippen molar-refractivity contribution in [3.8, 4) is 0 Å². The second-order valence-electron chi connectivity index (χ2n) is 2.98. The number of allylic oxidation sites excluding steroid dienone is 1. The number of hydrogen-bond donors (Lipinski definition) is 1. The molecule has 0 fully saturated rings. The molecule has 1 rings (SSSR count). The zero-order valence-electron chi connectivity index (χ0n) is 9.10. The third kappa shape index (κ3) is 8.91. The van der Waals surface area contributed by atoms with Crippen LogP contribution < -0.4 is 0 Å². The Morgan fingerprint density at radius 2 is 1.93 bits per heavy atom. The molecule has 1 aromatic rings. The van der Waals surface area contributed by atoms with E-state index in [1.807, 2.05) is 30.3 Å². The van der Waals surface area contributed by atoms with Gasteiger partial charge >= 0.3 is 0 Å². The third-order valence-corrected chi connectivity index (χ3v) is 1.68. The van der Waals surface area contributed by atoms with E-state index in [-0.39, 0.29) is 0 Å². The summed E-state index contributed by atoms with van der Waals surface area (Å²) in [6.45, 7) is 2.40. The van der Waals surface area contributed by atoms with Crippen LogP contribution in [0.2, 0.25) is 0 Å². The molecule has 0 aliphatic carbocycles. The van der Waals surface area contributed by atoms with Gasteiger partial charge in [-0.2, -0.15) is 0 Å². The minimum Gasteiger partial charge on any atom is -0.396 e. The van der Waals surface area contributed by atoms with Gasteiger partial charge in [-0.15, -0.1) is 0 Å². The Morgan fingerprint density at radius 1 is 1.27 bits per heavy atom. The smallest absolute Gasteiger partial charge is 0.142 e. The lowest BCUT2D eigenvalue weighted by atomic mass is 10.2. The van der Waals surface area contributed by atoms with Crippen LogP contribution >= 0.6 is 0 Å². The highest BCUT2D eigenvalue weighted by atomic mass is 16.2. The molecule has 1 aromatic carbocycles. The zero-order chi connectivity index (χ0) is 11.4. The van der Waals surface area contributed by atoms with Crippen LogP contribution in [0, 0.1) is 0 Å². The van der Waals surface area contributed by atoms with E-state index in [9.17, 15) is 4.79 Å². The summed E-state index contributed by atoms with van der Waals surface area (Å²) < 4.78 is 0. The van der Waals surface area contributed by atoms with Gasteiger partial charge in [-0.3, -0.25) is 4.79 Å². The molecule has 0 aliphatic rings. The Bertz CT molecular complexity index is 263. The first-order valence-electron chi connectivity index (χ1n) is 5.13. The van der Waals surface area contributed by atoms with Crippen molar-refractivity contribution in [1.29, 1.82) is 0 Å². The maximum Gasteiger partial charge on any atom is 0.142 e. The van der Waals surface area contributed by atoms with Crippen LogP contribution in [0.15, 0.2) is 36.4 Å². The van der Waals surface area contributed by atoms with Crippen LogP contribution in [-0.4, -0.2) is 18.0 Å². The van der Waals surface area contributed by atoms with Gasteiger partial charge in [0.25, 0.3) is 0 Å². The highest BCUT2D eigenvalue weighted by Crippen LogP contribution is 1.99. The van der Waals surface area contributed by atoms with E-state index >= 15 is 0 Å². The van der Waals surface area contributed by atoms with Gasteiger partial charge in [0, 0.05) is 6.61 Å². The summed E-state index contributed by atoms with van der Waals surface area (Å²) in [5.74, 6) is 0.